The summed E-state index contributed by atoms with van der Waals surface area (Å²) in [5.74, 6) is -0.206. The van der Waals surface area contributed by atoms with Crippen LogP contribution in [0.2, 0.25) is 0 Å². The zero-order valence-electron chi connectivity index (χ0n) is 16.2. The summed E-state index contributed by atoms with van der Waals surface area (Å²) in [4.78, 5) is 29.6. The molecule has 1 fully saturated rings. The van der Waals surface area contributed by atoms with Crippen molar-refractivity contribution in [1.82, 2.24) is 15.1 Å². The van der Waals surface area contributed by atoms with Crippen LogP contribution in [0.25, 0.3) is 0 Å². The van der Waals surface area contributed by atoms with Crippen LogP contribution in [0, 0.1) is 0 Å². The lowest BCUT2D eigenvalue weighted by Gasteiger charge is -2.39. The Labute approximate surface area is 161 Å². The van der Waals surface area contributed by atoms with Gasteiger partial charge in [-0.3, -0.25) is 14.5 Å². The molecule has 0 bridgehead atoms. The number of benzene rings is 1. The molecule has 1 N–H and O–H groups in total. The van der Waals surface area contributed by atoms with Crippen LogP contribution in [0.3, 0.4) is 0 Å². The average molecular weight is 371 g/mol. The molecule has 1 aromatic rings. The molecular weight excluding hydrogens is 342 g/mol. The van der Waals surface area contributed by atoms with E-state index in [2.05, 4.69) is 10.2 Å². The van der Waals surface area contributed by atoms with Crippen molar-refractivity contribution in [2.75, 3.05) is 39.4 Å². The normalized spacial score (nSPS) is 25.6. The first-order valence-corrected chi connectivity index (χ1v) is 9.64. The van der Waals surface area contributed by atoms with Gasteiger partial charge in [-0.05, 0) is 12.5 Å². The van der Waals surface area contributed by atoms with Gasteiger partial charge in [0.2, 0.25) is 11.8 Å². The number of amides is 2. The zero-order chi connectivity index (χ0) is 19.3. The third-order valence-corrected chi connectivity index (χ3v) is 5.35. The van der Waals surface area contributed by atoms with E-state index in [1.165, 1.54) is 6.92 Å². The number of morpholine rings is 1. The van der Waals surface area contributed by atoms with Gasteiger partial charge in [0, 0.05) is 45.6 Å². The maximum absolute atomic E-state index is 13.3. The molecule has 146 valence electrons. The fourth-order valence-corrected chi connectivity index (χ4v) is 4.02. The molecule has 0 saturated carbocycles. The first kappa shape index (κ1) is 19.6. The van der Waals surface area contributed by atoms with Crippen molar-refractivity contribution in [1.29, 1.82) is 0 Å². The summed E-state index contributed by atoms with van der Waals surface area (Å²) >= 11 is 0. The maximum Gasteiger partial charge on any atom is 0.250 e. The predicted octanol–water partition coefficient (Wildman–Crippen LogP) is 1.22. The summed E-state index contributed by atoms with van der Waals surface area (Å²) in [6.45, 7) is 8.09. The van der Waals surface area contributed by atoms with E-state index in [1.54, 1.807) is 4.90 Å². The van der Waals surface area contributed by atoms with Gasteiger partial charge in [-0.25, -0.2) is 0 Å². The first-order valence-electron chi connectivity index (χ1n) is 9.64. The Morgan fingerprint density at radius 2 is 1.93 bits per heavy atom. The van der Waals surface area contributed by atoms with Crippen molar-refractivity contribution in [3.63, 3.8) is 0 Å². The molecule has 6 heteroatoms. The molecule has 1 saturated heterocycles. The molecule has 0 aliphatic carbocycles. The zero-order valence-corrected chi connectivity index (χ0v) is 16.2. The Hall–Kier alpha value is -2.18. The van der Waals surface area contributed by atoms with Gasteiger partial charge in [-0.2, -0.15) is 0 Å². The van der Waals surface area contributed by atoms with Gasteiger partial charge in [0.25, 0.3) is 0 Å². The van der Waals surface area contributed by atoms with E-state index in [9.17, 15) is 9.59 Å². The van der Waals surface area contributed by atoms with Crippen molar-refractivity contribution < 1.29 is 14.3 Å². The van der Waals surface area contributed by atoms with E-state index in [4.69, 9.17) is 4.74 Å². The van der Waals surface area contributed by atoms with Crippen molar-refractivity contribution >= 4 is 11.8 Å². The van der Waals surface area contributed by atoms with E-state index >= 15 is 0 Å². The Kier molecular flexibility index (Phi) is 6.29. The van der Waals surface area contributed by atoms with Crippen LogP contribution in [0.5, 0.6) is 0 Å². The first-order chi connectivity index (χ1) is 13.0. The Morgan fingerprint density at radius 1 is 1.22 bits per heavy atom. The second-order valence-corrected chi connectivity index (χ2v) is 7.29. The number of nitrogens with zero attached hydrogens (tertiary/aromatic N) is 2. The van der Waals surface area contributed by atoms with Crippen LogP contribution in [0.4, 0.5) is 0 Å². The van der Waals surface area contributed by atoms with Gasteiger partial charge in [0.15, 0.2) is 0 Å². The third-order valence-electron chi connectivity index (χ3n) is 5.35. The molecule has 0 spiro atoms. The van der Waals surface area contributed by atoms with Crippen LogP contribution in [0.1, 0.15) is 19.4 Å². The number of nitrogens with one attached hydrogen (secondary N) is 1. The summed E-state index contributed by atoms with van der Waals surface area (Å²) < 4.78 is 5.36. The summed E-state index contributed by atoms with van der Waals surface area (Å²) in [6, 6.07) is 9.76. The number of rotatable bonds is 6. The highest BCUT2D eigenvalue weighted by molar-refractivity contribution is 5.94. The second kappa shape index (κ2) is 8.67. The maximum atomic E-state index is 13.3. The SMILES string of the molecule is CC(=O)N1[C@H](C)C=C[C@]1(Cc1ccccc1)C(=O)NCCN1CCOCC1. The lowest BCUT2D eigenvalue weighted by molar-refractivity contribution is -0.143. The number of ether oxygens (including phenoxy) is 1. The molecule has 3 rings (SSSR count). The molecule has 6 nitrogen and oxygen atoms in total. The molecule has 0 radical (unpaired) electrons. The molecule has 27 heavy (non-hydrogen) atoms. The molecule has 1 aromatic carbocycles. The predicted molar refractivity (Wildman–Crippen MR) is 104 cm³/mol. The minimum atomic E-state index is -0.975. The van der Waals surface area contributed by atoms with Gasteiger partial charge in [-0.1, -0.05) is 42.5 Å². The molecule has 2 heterocycles. The Bertz CT molecular complexity index is 685. The Balaban J connectivity index is 1.74. The average Bonchev–Trinajstić information content (AvgIpc) is 3.01. The molecule has 2 atom stereocenters. The fourth-order valence-electron chi connectivity index (χ4n) is 4.02. The van der Waals surface area contributed by atoms with Crippen LogP contribution < -0.4 is 5.32 Å². The van der Waals surface area contributed by atoms with Crippen molar-refractivity contribution in [3.05, 3.63) is 48.0 Å². The van der Waals surface area contributed by atoms with E-state index < -0.39 is 5.54 Å². The van der Waals surface area contributed by atoms with E-state index in [-0.39, 0.29) is 17.9 Å². The lowest BCUT2D eigenvalue weighted by Crippen LogP contribution is -2.60. The molecular formula is C21H29N3O3. The molecule has 2 aliphatic heterocycles. The summed E-state index contributed by atoms with van der Waals surface area (Å²) in [7, 11) is 0. The van der Waals surface area contributed by atoms with Gasteiger partial charge in [-0.15, -0.1) is 0 Å². The standard InChI is InChI=1S/C21H29N3O3/c1-17-8-9-21(24(17)18(2)25,16-19-6-4-3-5-7-19)20(26)22-10-11-23-12-14-27-15-13-23/h3-9,17H,10-16H2,1-2H3,(H,22,26)/t17-,21+/m1/s1. The number of carbonyl (C=O) groups is 2. The molecule has 0 unspecified atom stereocenters. The minimum Gasteiger partial charge on any atom is -0.379 e. The quantitative estimate of drug-likeness (QED) is 0.764. The summed E-state index contributed by atoms with van der Waals surface area (Å²) in [5.41, 5.74) is 0.0586. The van der Waals surface area contributed by atoms with E-state index in [0.717, 1.165) is 38.4 Å². The van der Waals surface area contributed by atoms with E-state index in [0.29, 0.717) is 13.0 Å². The van der Waals surface area contributed by atoms with Crippen molar-refractivity contribution in [2.45, 2.75) is 31.8 Å². The topological polar surface area (TPSA) is 61.9 Å². The number of hydrogen-bond donors (Lipinski definition) is 1. The van der Waals surface area contributed by atoms with Gasteiger partial charge < -0.3 is 15.0 Å². The van der Waals surface area contributed by atoms with Crippen LogP contribution in [0.15, 0.2) is 42.5 Å². The van der Waals surface area contributed by atoms with Crippen molar-refractivity contribution in [3.8, 4) is 0 Å². The smallest absolute Gasteiger partial charge is 0.250 e. The van der Waals surface area contributed by atoms with Gasteiger partial charge in [0.1, 0.15) is 5.54 Å². The molecule has 0 aromatic heterocycles. The monoisotopic (exact) mass is 371 g/mol. The fraction of sp³-hybridized carbons (Fsp3) is 0.524. The van der Waals surface area contributed by atoms with E-state index in [1.807, 2.05) is 49.4 Å². The Morgan fingerprint density at radius 3 is 2.59 bits per heavy atom. The van der Waals surface area contributed by atoms with Crippen LogP contribution in [-0.4, -0.2) is 72.6 Å². The molecule has 2 amide bonds. The van der Waals surface area contributed by atoms with Gasteiger partial charge >= 0.3 is 0 Å². The highest BCUT2D eigenvalue weighted by atomic mass is 16.5. The van der Waals surface area contributed by atoms with Crippen LogP contribution >= 0.6 is 0 Å². The highest BCUT2D eigenvalue weighted by Gasteiger charge is 2.48. The summed E-state index contributed by atoms with van der Waals surface area (Å²) in [5, 5.41) is 3.07. The lowest BCUT2D eigenvalue weighted by atomic mass is 9.89. The number of carbonyl (C=O) groups excluding carboxylic acids is 2. The number of hydrogen-bond acceptors (Lipinski definition) is 4. The van der Waals surface area contributed by atoms with Gasteiger partial charge in [0.05, 0.1) is 13.2 Å². The molecule has 2 aliphatic rings. The minimum absolute atomic E-state index is 0.0910. The largest absolute Gasteiger partial charge is 0.379 e. The second-order valence-electron chi connectivity index (χ2n) is 7.29. The highest BCUT2D eigenvalue weighted by Crippen LogP contribution is 2.32. The summed E-state index contributed by atoms with van der Waals surface area (Å²) in [6.07, 6.45) is 4.32. The third kappa shape index (κ3) is 4.39. The van der Waals surface area contributed by atoms with Crippen molar-refractivity contribution in [2.24, 2.45) is 0 Å². The van der Waals surface area contributed by atoms with Crippen LogP contribution in [-0.2, 0) is 20.7 Å².